The van der Waals surface area contributed by atoms with E-state index in [4.69, 9.17) is 0 Å². The molecule has 1 amide bonds. The molecular formula is C17H34NNaO4S. The molecule has 7 heteroatoms. The first-order valence-corrected chi connectivity index (χ1v) is 10.5. The van der Waals surface area contributed by atoms with Crippen molar-refractivity contribution < 1.29 is 47.3 Å². The van der Waals surface area contributed by atoms with Crippen molar-refractivity contribution in [3.05, 3.63) is 0 Å². The molecule has 0 spiro atoms. The van der Waals surface area contributed by atoms with E-state index in [1.54, 1.807) is 0 Å². The first-order valence-electron chi connectivity index (χ1n) is 9.01. The van der Waals surface area contributed by atoms with Crippen LogP contribution in [0.15, 0.2) is 0 Å². The normalized spacial score (nSPS) is 12.5. The Morgan fingerprint density at radius 2 is 1.29 bits per heavy atom. The molecular weight excluding hydrogens is 337 g/mol. The Bertz CT molecular complexity index is 415. The smallest absolute Gasteiger partial charge is 0.746 e. The van der Waals surface area contributed by atoms with Gasteiger partial charge in [0.2, 0.25) is 5.91 Å². The van der Waals surface area contributed by atoms with Crippen LogP contribution >= 0.6 is 0 Å². The Morgan fingerprint density at radius 3 is 1.67 bits per heavy atom. The SMILES string of the molecule is CCCCCCCCCCCCCC(=O)N(C)C(C)S(=O)(=O)[O-].[Na+]. The minimum Gasteiger partial charge on any atom is -0.746 e. The largest absolute Gasteiger partial charge is 1.00 e. The molecule has 1 unspecified atom stereocenters. The molecule has 0 aromatic carbocycles. The number of unbranched alkanes of at least 4 members (excludes halogenated alkanes) is 10. The predicted molar refractivity (Wildman–Crippen MR) is 93.0 cm³/mol. The Balaban J connectivity index is 0. The molecule has 0 aliphatic rings. The maximum Gasteiger partial charge on any atom is 1.00 e. The zero-order valence-electron chi connectivity index (χ0n) is 16.1. The van der Waals surface area contributed by atoms with Crippen molar-refractivity contribution in [1.29, 1.82) is 0 Å². The molecule has 0 fully saturated rings. The summed E-state index contributed by atoms with van der Waals surface area (Å²) in [6.07, 6.45) is 13.6. The summed E-state index contributed by atoms with van der Waals surface area (Å²) in [7, 11) is -3.07. The van der Waals surface area contributed by atoms with Gasteiger partial charge in [0.25, 0.3) is 0 Å². The second-order valence-corrected chi connectivity index (χ2v) is 8.05. The third-order valence-corrected chi connectivity index (χ3v) is 5.50. The molecule has 5 nitrogen and oxygen atoms in total. The van der Waals surface area contributed by atoms with Crippen LogP contribution in [0, 0.1) is 0 Å². The van der Waals surface area contributed by atoms with Crippen LogP contribution < -0.4 is 29.6 Å². The van der Waals surface area contributed by atoms with E-state index in [0.29, 0.717) is 6.42 Å². The molecule has 0 N–H and O–H groups in total. The minimum absolute atomic E-state index is 0. The van der Waals surface area contributed by atoms with Crippen molar-refractivity contribution in [2.24, 2.45) is 0 Å². The van der Waals surface area contributed by atoms with Crippen molar-refractivity contribution >= 4 is 16.0 Å². The zero-order valence-corrected chi connectivity index (χ0v) is 18.9. The Kier molecular flexibility index (Phi) is 17.3. The zero-order chi connectivity index (χ0) is 17.7. The van der Waals surface area contributed by atoms with Crippen LogP contribution in [0.5, 0.6) is 0 Å². The van der Waals surface area contributed by atoms with Gasteiger partial charge in [-0.25, -0.2) is 8.42 Å². The second kappa shape index (κ2) is 15.6. The number of rotatable bonds is 14. The molecule has 1 atom stereocenters. The molecule has 0 rings (SSSR count). The average molecular weight is 372 g/mol. The summed E-state index contributed by atoms with van der Waals surface area (Å²) in [4.78, 5) is 12.9. The van der Waals surface area contributed by atoms with E-state index in [9.17, 15) is 17.8 Å². The summed E-state index contributed by atoms with van der Waals surface area (Å²) in [5.41, 5.74) is 0. The van der Waals surface area contributed by atoms with E-state index in [0.717, 1.165) is 24.2 Å². The monoisotopic (exact) mass is 371 g/mol. The maximum absolute atomic E-state index is 11.8. The van der Waals surface area contributed by atoms with Crippen LogP contribution in [0.3, 0.4) is 0 Å². The van der Waals surface area contributed by atoms with Gasteiger partial charge in [0.1, 0.15) is 15.5 Å². The summed E-state index contributed by atoms with van der Waals surface area (Å²) < 4.78 is 32.7. The first-order chi connectivity index (χ1) is 10.8. The van der Waals surface area contributed by atoms with Gasteiger partial charge in [0.05, 0.1) is 0 Å². The summed E-state index contributed by atoms with van der Waals surface area (Å²) >= 11 is 0. The standard InChI is InChI=1S/C17H35NO4S.Na/c1-4-5-6-7-8-9-10-11-12-13-14-15-17(19)18(3)16(2)23(20,21)22;/h16H,4-15H2,1-3H3,(H,20,21,22);/q;+1/p-1. The summed E-state index contributed by atoms with van der Waals surface area (Å²) in [5, 5.41) is -1.29. The molecule has 0 bridgehead atoms. The van der Waals surface area contributed by atoms with E-state index in [1.807, 2.05) is 0 Å². The molecule has 0 aliphatic carbocycles. The van der Waals surface area contributed by atoms with Crippen molar-refractivity contribution in [3.8, 4) is 0 Å². The number of hydrogen-bond donors (Lipinski definition) is 0. The van der Waals surface area contributed by atoms with Gasteiger partial charge < -0.3 is 9.45 Å². The topological polar surface area (TPSA) is 77.5 Å². The molecule has 138 valence electrons. The van der Waals surface area contributed by atoms with E-state index in [-0.39, 0.29) is 35.5 Å². The van der Waals surface area contributed by atoms with Gasteiger partial charge in [-0.1, -0.05) is 71.1 Å². The van der Waals surface area contributed by atoms with E-state index in [2.05, 4.69) is 6.92 Å². The number of nitrogens with zero attached hydrogens (tertiary/aromatic N) is 1. The van der Waals surface area contributed by atoms with E-state index >= 15 is 0 Å². The minimum atomic E-state index is -4.45. The average Bonchev–Trinajstić information content (AvgIpc) is 2.50. The third-order valence-electron chi connectivity index (χ3n) is 4.35. The number of carbonyl (C=O) groups excluding carboxylic acids is 1. The molecule has 24 heavy (non-hydrogen) atoms. The second-order valence-electron chi connectivity index (χ2n) is 6.38. The molecule has 0 saturated carbocycles. The van der Waals surface area contributed by atoms with Gasteiger partial charge in [0.15, 0.2) is 0 Å². The van der Waals surface area contributed by atoms with Crippen LogP contribution in [-0.2, 0) is 14.9 Å². The number of amides is 1. The Hall–Kier alpha value is 0.380. The maximum atomic E-state index is 11.8. The Labute approximate surface area is 171 Å². The third kappa shape index (κ3) is 13.6. The van der Waals surface area contributed by atoms with Crippen LogP contribution in [0.2, 0.25) is 0 Å². The molecule has 0 aromatic rings. The van der Waals surface area contributed by atoms with Gasteiger partial charge in [0, 0.05) is 13.5 Å². The van der Waals surface area contributed by atoms with Crippen LogP contribution in [0.25, 0.3) is 0 Å². The van der Waals surface area contributed by atoms with Crippen molar-refractivity contribution in [1.82, 2.24) is 4.90 Å². The fourth-order valence-electron chi connectivity index (χ4n) is 2.51. The Morgan fingerprint density at radius 1 is 0.917 bits per heavy atom. The van der Waals surface area contributed by atoms with Gasteiger partial charge in [-0.2, -0.15) is 0 Å². The van der Waals surface area contributed by atoms with E-state index in [1.165, 1.54) is 65.3 Å². The summed E-state index contributed by atoms with van der Waals surface area (Å²) in [6.45, 7) is 3.48. The molecule has 0 radical (unpaired) electrons. The molecule has 0 aliphatic heterocycles. The van der Waals surface area contributed by atoms with Gasteiger partial charge in [-0.3, -0.25) is 4.79 Å². The molecule has 0 heterocycles. The fourth-order valence-corrected chi connectivity index (χ4v) is 3.02. The quantitative estimate of drug-likeness (QED) is 0.260. The van der Waals surface area contributed by atoms with Gasteiger partial charge in [-0.05, 0) is 13.3 Å². The summed E-state index contributed by atoms with van der Waals surface area (Å²) in [6, 6.07) is 0. The van der Waals surface area contributed by atoms with Gasteiger partial charge >= 0.3 is 29.6 Å². The summed E-state index contributed by atoms with van der Waals surface area (Å²) in [5.74, 6) is -0.271. The van der Waals surface area contributed by atoms with Gasteiger partial charge in [-0.15, -0.1) is 0 Å². The van der Waals surface area contributed by atoms with Crippen molar-refractivity contribution in [2.75, 3.05) is 7.05 Å². The van der Waals surface area contributed by atoms with Crippen molar-refractivity contribution in [3.63, 3.8) is 0 Å². The predicted octanol–water partition coefficient (Wildman–Crippen LogP) is 1.04. The number of hydrogen-bond acceptors (Lipinski definition) is 4. The number of carbonyl (C=O) groups is 1. The van der Waals surface area contributed by atoms with Crippen molar-refractivity contribution in [2.45, 2.75) is 96.3 Å². The van der Waals surface area contributed by atoms with E-state index < -0.39 is 15.5 Å². The molecule has 0 saturated heterocycles. The first kappa shape index (κ1) is 26.6. The van der Waals surface area contributed by atoms with Crippen LogP contribution in [-0.4, -0.2) is 36.2 Å². The van der Waals surface area contributed by atoms with Crippen LogP contribution in [0.4, 0.5) is 0 Å². The molecule has 0 aromatic heterocycles. The fraction of sp³-hybridized carbons (Fsp3) is 0.941. The van der Waals surface area contributed by atoms with Crippen LogP contribution in [0.1, 0.15) is 90.9 Å².